The van der Waals surface area contributed by atoms with Crippen molar-refractivity contribution in [1.82, 2.24) is 0 Å². The summed E-state index contributed by atoms with van der Waals surface area (Å²) in [7, 11) is -8.37. The van der Waals surface area contributed by atoms with Gasteiger partial charge in [-0.1, -0.05) is 103 Å². The molecule has 0 spiro atoms. The van der Waals surface area contributed by atoms with Crippen LogP contribution in [-0.2, 0) is 53.7 Å². The maximum absolute atomic E-state index is 14.1. The van der Waals surface area contributed by atoms with Crippen molar-refractivity contribution in [2.75, 3.05) is 0 Å². The fraction of sp³-hybridized carbons (Fsp3) is 0.211. The quantitative estimate of drug-likeness (QED) is 0.0948. The van der Waals surface area contributed by atoms with Gasteiger partial charge >= 0.3 is 15.6 Å². The Labute approximate surface area is 282 Å². The van der Waals surface area contributed by atoms with Crippen LogP contribution in [0.2, 0.25) is 0 Å². The van der Waals surface area contributed by atoms with Gasteiger partial charge in [0.05, 0.1) is 26.4 Å². The number of benzene rings is 5. The van der Waals surface area contributed by atoms with E-state index >= 15 is 0 Å². The molecule has 0 aliphatic carbocycles. The van der Waals surface area contributed by atoms with Crippen LogP contribution in [0.25, 0.3) is 0 Å². The summed E-state index contributed by atoms with van der Waals surface area (Å²) in [5.41, 5.74) is 7.28. The van der Waals surface area contributed by atoms with Crippen molar-refractivity contribution < 1.29 is 36.3 Å². The van der Waals surface area contributed by atoms with E-state index in [0.717, 1.165) is 44.5 Å². The first-order valence-electron chi connectivity index (χ1n) is 15.6. The summed E-state index contributed by atoms with van der Waals surface area (Å²) in [6, 6.07) is 36.8. The molecule has 8 nitrogen and oxygen atoms in total. The first kappa shape index (κ1) is 35.3. The summed E-state index contributed by atoms with van der Waals surface area (Å²) in [5.74, 6) is 0.240. The zero-order valence-corrected chi connectivity index (χ0v) is 29.3. The maximum Gasteiger partial charge on any atom is 0.530 e. The largest absolute Gasteiger partial charge is 0.530 e. The number of hydrogen-bond donors (Lipinski definition) is 0. The van der Waals surface area contributed by atoms with E-state index in [4.69, 9.17) is 27.1 Å². The molecule has 0 atom stereocenters. The van der Waals surface area contributed by atoms with Crippen molar-refractivity contribution in [2.45, 2.75) is 54.1 Å². The maximum atomic E-state index is 14.1. The van der Waals surface area contributed by atoms with Gasteiger partial charge < -0.3 is 9.05 Å². The SMILES string of the molecule is Cc1ccccc1COP(=O)(OCc1ccccc1C)Oc1cccc(OP(=O)(OCc2ccccc2C)OCc2ccccc2C)c1. The molecule has 5 aromatic rings. The highest BCUT2D eigenvalue weighted by Crippen LogP contribution is 2.54. The lowest BCUT2D eigenvalue weighted by molar-refractivity contribution is 0.141. The third kappa shape index (κ3) is 10.0. The van der Waals surface area contributed by atoms with Gasteiger partial charge in [0.1, 0.15) is 11.5 Å². The van der Waals surface area contributed by atoms with E-state index in [1.54, 1.807) is 18.2 Å². The van der Waals surface area contributed by atoms with Crippen LogP contribution in [0.4, 0.5) is 0 Å². The number of hydrogen-bond acceptors (Lipinski definition) is 8. The fourth-order valence-corrected chi connectivity index (χ4v) is 7.00. The van der Waals surface area contributed by atoms with E-state index in [2.05, 4.69) is 0 Å². The van der Waals surface area contributed by atoms with E-state index in [1.807, 2.05) is 125 Å². The van der Waals surface area contributed by atoms with Crippen molar-refractivity contribution in [3.8, 4) is 11.5 Å². The number of aryl methyl sites for hydroxylation is 4. The molecular weight excluding hydrogens is 646 g/mol. The van der Waals surface area contributed by atoms with Crippen LogP contribution in [0.15, 0.2) is 121 Å². The van der Waals surface area contributed by atoms with Crippen molar-refractivity contribution in [1.29, 1.82) is 0 Å². The summed E-state index contributed by atoms with van der Waals surface area (Å²) in [6.07, 6.45) is 0. The Kier molecular flexibility index (Phi) is 12.1. The van der Waals surface area contributed by atoms with Crippen molar-refractivity contribution in [3.05, 3.63) is 166 Å². The highest BCUT2D eigenvalue weighted by atomic mass is 31.2. The first-order valence-corrected chi connectivity index (χ1v) is 18.5. The van der Waals surface area contributed by atoms with Crippen LogP contribution in [0.5, 0.6) is 11.5 Å². The molecule has 0 saturated carbocycles. The molecule has 48 heavy (non-hydrogen) atoms. The standard InChI is InChI=1S/C38H40O8P2/c1-29-14-5-9-18-33(29)25-41-47(39,42-26-34-19-10-6-15-30(34)2)45-37-22-13-23-38(24-37)46-48(40,43-27-35-20-11-7-16-31(35)3)44-28-36-21-12-8-17-32(36)4/h5-24H,25-28H2,1-4H3. The lowest BCUT2D eigenvalue weighted by Gasteiger charge is -2.21. The normalized spacial score (nSPS) is 11.8. The monoisotopic (exact) mass is 686 g/mol. The molecule has 0 aromatic heterocycles. The second-order valence-electron chi connectivity index (χ2n) is 11.4. The van der Waals surface area contributed by atoms with E-state index in [0.29, 0.717) is 0 Å². The molecule has 5 rings (SSSR count). The second kappa shape index (κ2) is 16.4. The van der Waals surface area contributed by atoms with Crippen LogP contribution >= 0.6 is 15.6 Å². The highest BCUT2D eigenvalue weighted by molar-refractivity contribution is 7.49. The molecule has 5 aromatic carbocycles. The Bertz CT molecular complexity index is 1680. The summed E-state index contributed by atoms with van der Waals surface area (Å²) in [5, 5.41) is 0. The Balaban J connectivity index is 1.36. The first-order chi connectivity index (χ1) is 23.1. The molecule has 0 radical (unpaired) electrons. The Hall–Kier alpha value is -4.00. The van der Waals surface area contributed by atoms with Crippen molar-refractivity contribution in [2.24, 2.45) is 0 Å². The molecule has 0 heterocycles. The predicted molar refractivity (Wildman–Crippen MR) is 187 cm³/mol. The topological polar surface area (TPSA) is 89.5 Å². The third-order valence-corrected chi connectivity index (χ3v) is 10.4. The van der Waals surface area contributed by atoms with Crippen molar-refractivity contribution >= 4 is 15.6 Å². The van der Waals surface area contributed by atoms with E-state index in [-0.39, 0.29) is 37.9 Å². The zero-order valence-electron chi connectivity index (χ0n) is 27.5. The minimum Gasteiger partial charge on any atom is -0.404 e. The van der Waals surface area contributed by atoms with Gasteiger partial charge in [-0.25, -0.2) is 9.13 Å². The van der Waals surface area contributed by atoms with Crippen LogP contribution < -0.4 is 9.05 Å². The Morgan fingerprint density at radius 3 is 0.938 bits per heavy atom. The molecule has 0 unspecified atom stereocenters. The van der Waals surface area contributed by atoms with Gasteiger partial charge in [0.25, 0.3) is 0 Å². The van der Waals surface area contributed by atoms with Gasteiger partial charge in [0, 0.05) is 6.07 Å². The van der Waals surface area contributed by atoms with Crippen LogP contribution in [-0.4, -0.2) is 0 Å². The van der Waals surface area contributed by atoms with E-state index < -0.39 is 15.6 Å². The summed E-state index contributed by atoms with van der Waals surface area (Å²) in [4.78, 5) is 0. The minimum absolute atomic E-state index is 0.00258. The van der Waals surface area contributed by atoms with Crippen molar-refractivity contribution in [3.63, 3.8) is 0 Å². The smallest absolute Gasteiger partial charge is 0.404 e. The van der Waals surface area contributed by atoms with Crippen LogP contribution in [0.3, 0.4) is 0 Å². The molecule has 0 fully saturated rings. The van der Waals surface area contributed by atoms with E-state index in [1.165, 1.54) is 6.07 Å². The molecule has 10 heteroatoms. The van der Waals surface area contributed by atoms with E-state index in [9.17, 15) is 9.13 Å². The van der Waals surface area contributed by atoms with Gasteiger partial charge in [-0.05, 0) is 84.3 Å². The minimum atomic E-state index is -4.19. The molecule has 250 valence electrons. The predicted octanol–water partition coefficient (Wildman–Crippen LogP) is 10.8. The lowest BCUT2D eigenvalue weighted by atomic mass is 10.1. The molecule has 0 N–H and O–H groups in total. The molecule has 0 aliphatic rings. The lowest BCUT2D eigenvalue weighted by Crippen LogP contribution is -2.06. The molecular formula is C38H40O8P2. The molecule has 0 aliphatic heterocycles. The average Bonchev–Trinajstić information content (AvgIpc) is 3.07. The molecule has 0 bridgehead atoms. The number of rotatable bonds is 16. The third-order valence-electron chi connectivity index (χ3n) is 7.80. The Morgan fingerprint density at radius 1 is 0.396 bits per heavy atom. The fourth-order valence-electron chi connectivity index (χ4n) is 4.71. The average molecular weight is 687 g/mol. The summed E-state index contributed by atoms with van der Waals surface area (Å²) in [6.45, 7) is 7.79. The van der Waals surface area contributed by atoms with Gasteiger partial charge in [0.2, 0.25) is 0 Å². The number of phosphoric ester groups is 2. The van der Waals surface area contributed by atoms with Gasteiger partial charge in [-0.3, -0.25) is 18.1 Å². The second-order valence-corrected chi connectivity index (χ2v) is 14.5. The van der Waals surface area contributed by atoms with Gasteiger partial charge in [-0.15, -0.1) is 0 Å². The van der Waals surface area contributed by atoms with Crippen LogP contribution in [0.1, 0.15) is 44.5 Å². The van der Waals surface area contributed by atoms with Gasteiger partial charge in [-0.2, -0.15) is 0 Å². The Morgan fingerprint density at radius 2 is 0.667 bits per heavy atom. The summed E-state index contributed by atoms with van der Waals surface area (Å²) >= 11 is 0. The molecule has 0 amide bonds. The highest BCUT2D eigenvalue weighted by Gasteiger charge is 2.32. The van der Waals surface area contributed by atoms with Crippen LogP contribution in [0, 0.1) is 27.7 Å². The zero-order chi connectivity index (χ0) is 34.0. The summed E-state index contributed by atoms with van der Waals surface area (Å²) < 4.78 is 63.6. The molecule has 0 saturated heterocycles. The number of phosphoric acid groups is 2. The van der Waals surface area contributed by atoms with Gasteiger partial charge in [0.15, 0.2) is 0 Å².